The highest BCUT2D eigenvalue weighted by molar-refractivity contribution is 8.06. The molecule has 4 nitrogen and oxygen atoms in total. The molecule has 100 valence electrons. The molecule has 0 aromatic carbocycles. The highest BCUT2D eigenvalue weighted by Gasteiger charge is 2.31. The van der Waals surface area contributed by atoms with Crippen LogP contribution >= 0.6 is 23.5 Å². The lowest BCUT2D eigenvalue weighted by Gasteiger charge is -2.24. The summed E-state index contributed by atoms with van der Waals surface area (Å²) in [6.07, 6.45) is 3.77. The van der Waals surface area contributed by atoms with E-state index in [1.165, 1.54) is 5.75 Å². The van der Waals surface area contributed by atoms with E-state index in [9.17, 15) is 5.11 Å². The number of aromatic nitrogens is 2. The van der Waals surface area contributed by atoms with Gasteiger partial charge in [0.2, 0.25) is 5.89 Å². The summed E-state index contributed by atoms with van der Waals surface area (Å²) in [7, 11) is 0. The second-order valence-corrected chi connectivity index (χ2v) is 7.34. The van der Waals surface area contributed by atoms with Gasteiger partial charge < -0.3 is 9.63 Å². The second-order valence-electron chi connectivity index (χ2n) is 4.88. The highest BCUT2D eigenvalue weighted by atomic mass is 32.2. The minimum absolute atomic E-state index is 0.0567. The van der Waals surface area contributed by atoms with Crippen molar-refractivity contribution in [1.29, 1.82) is 0 Å². The van der Waals surface area contributed by atoms with Crippen LogP contribution in [-0.2, 0) is 0 Å². The maximum Gasteiger partial charge on any atom is 0.232 e. The molecule has 2 heterocycles. The molecule has 18 heavy (non-hydrogen) atoms. The van der Waals surface area contributed by atoms with Crippen LogP contribution in [0.1, 0.15) is 48.6 Å². The van der Waals surface area contributed by atoms with Gasteiger partial charge in [-0.3, -0.25) is 0 Å². The lowest BCUT2D eigenvalue weighted by Crippen LogP contribution is -2.22. The van der Waals surface area contributed by atoms with Gasteiger partial charge in [0.1, 0.15) is 0 Å². The fourth-order valence-electron chi connectivity index (χ4n) is 2.56. The maximum atomic E-state index is 10.0. The minimum atomic E-state index is -0.305. The van der Waals surface area contributed by atoms with Crippen molar-refractivity contribution in [1.82, 2.24) is 10.1 Å². The van der Waals surface area contributed by atoms with E-state index in [1.807, 2.05) is 23.5 Å². The van der Waals surface area contributed by atoms with E-state index in [0.29, 0.717) is 11.1 Å². The first-order valence-corrected chi connectivity index (χ1v) is 8.76. The molecule has 0 bridgehead atoms. The monoisotopic (exact) mass is 286 g/mol. The van der Waals surface area contributed by atoms with Gasteiger partial charge in [-0.15, -0.1) is 11.8 Å². The zero-order valence-corrected chi connectivity index (χ0v) is 11.9. The normalized spacial score (nSPS) is 33.5. The molecule has 1 aromatic heterocycles. The largest absolute Gasteiger partial charge is 0.392 e. The summed E-state index contributed by atoms with van der Waals surface area (Å²) in [5.41, 5.74) is 0. The van der Waals surface area contributed by atoms with Gasteiger partial charge in [-0.05, 0) is 12.8 Å². The zero-order chi connectivity index (χ0) is 12.4. The number of thioether (sulfide) groups is 2. The smallest absolute Gasteiger partial charge is 0.232 e. The molecule has 0 spiro atoms. The fourth-order valence-corrected chi connectivity index (χ4v) is 5.15. The predicted octanol–water partition coefficient (Wildman–Crippen LogP) is 2.61. The van der Waals surface area contributed by atoms with E-state index in [1.54, 1.807) is 0 Å². The molecular weight excluding hydrogens is 268 g/mol. The topological polar surface area (TPSA) is 59.2 Å². The number of hydrogen-bond acceptors (Lipinski definition) is 6. The van der Waals surface area contributed by atoms with Crippen molar-refractivity contribution in [2.45, 2.75) is 43.0 Å². The highest BCUT2D eigenvalue weighted by Crippen LogP contribution is 2.37. The molecule has 3 atom stereocenters. The molecule has 1 saturated carbocycles. The van der Waals surface area contributed by atoms with Gasteiger partial charge in [-0.1, -0.05) is 18.0 Å². The van der Waals surface area contributed by atoms with Crippen LogP contribution in [0.3, 0.4) is 0 Å². The standard InChI is InChI=1S/C12H18N2O2S2/c15-9-4-2-1-3-8(9)12-13-11(14-16-12)10-7-17-5-6-18-10/h8-10,15H,1-7H2. The number of aliphatic hydroxyl groups is 1. The van der Waals surface area contributed by atoms with E-state index in [0.717, 1.165) is 43.0 Å². The van der Waals surface area contributed by atoms with Crippen molar-refractivity contribution in [3.63, 3.8) is 0 Å². The Morgan fingerprint density at radius 1 is 1.22 bits per heavy atom. The van der Waals surface area contributed by atoms with Crippen molar-refractivity contribution in [2.75, 3.05) is 17.3 Å². The molecule has 1 aromatic rings. The van der Waals surface area contributed by atoms with Gasteiger partial charge in [-0.25, -0.2) is 0 Å². The molecule has 0 radical (unpaired) electrons. The average Bonchev–Trinajstić information content (AvgIpc) is 2.90. The fraction of sp³-hybridized carbons (Fsp3) is 0.833. The minimum Gasteiger partial charge on any atom is -0.392 e. The molecule has 3 unspecified atom stereocenters. The summed E-state index contributed by atoms with van der Waals surface area (Å²) in [5, 5.41) is 14.5. The summed E-state index contributed by atoms with van der Waals surface area (Å²) < 4.78 is 5.38. The molecule has 3 rings (SSSR count). The van der Waals surface area contributed by atoms with Gasteiger partial charge in [-0.2, -0.15) is 16.7 Å². The third-order valence-electron chi connectivity index (χ3n) is 3.61. The molecule has 1 saturated heterocycles. The molecule has 6 heteroatoms. The number of hydrogen-bond donors (Lipinski definition) is 1. The van der Waals surface area contributed by atoms with E-state index in [2.05, 4.69) is 10.1 Å². The van der Waals surface area contributed by atoms with E-state index in [-0.39, 0.29) is 12.0 Å². The van der Waals surface area contributed by atoms with Crippen molar-refractivity contribution in [2.24, 2.45) is 0 Å². The van der Waals surface area contributed by atoms with Crippen LogP contribution < -0.4 is 0 Å². The van der Waals surface area contributed by atoms with E-state index >= 15 is 0 Å². The molecule has 0 amide bonds. The van der Waals surface area contributed by atoms with Gasteiger partial charge in [0, 0.05) is 17.3 Å². The van der Waals surface area contributed by atoms with Crippen molar-refractivity contribution in [3.8, 4) is 0 Å². The van der Waals surface area contributed by atoms with Crippen molar-refractivity contribution in [3.05, 3.63) is 11.7 Å². The summed E-state index contributed by atoms with van der Waals surface area (Å²) in [4.78, 5) is 4.54. The Morgan fingerprint density at radius 3 is 2.89 bits per heavy atom. The van der Waals surface area contributed by atoms with Crippen LogP contribution in [0, 0.1) is 0 Å². The Morgan fingerprint density at radius 2 is 2.11 bits per heavy atom. The third kappa shape index (κ3) is 2.70. The van der Waals surface area contributed by atoms with Gasteiger partial charge in [0.25, 0.3) is 0 Å². The first kappa shape index (κ1) is 12.8. The second kappa shape index (κ2) is 5.84. The van der Waals surface area contributed by atoms with Crippen LogP contribution in [0.2, 0.25) is 0 Å². The summed E-state index contributed by atoms with van der Waals surface area (Å²) >= 11 is 3.86. The van der Waals surface area contributed by atoms with E-state index < -0.39 is 0 Å². The zero-order valence-electron chi connectivity index (χ0n) is 10.2. The van der Waals surface area contributed by atoms with Crippen molar-refractivity contribution < 1.29 is 9.63 Å². The van der Waals surface area contributed by atoms with Crippen LogP contribution in [0.4, 0.5) is 0 Å². The van der Waals surface area contributed by atoms with Crippen LogP contribution in [0.5, 0.6) is 0 Å². The molecule has 1 aliphatic heterocycles. The maximum absolute atomic E-state index is 10.0. The first-order chi connectivity index (χ1) is 8.84. The summed E-state index contributed by atoms with van der Waals surface area (Å²) in [5.74, 6) is 4.96. The SMILES string of the molecule is OC1CCCCC1c1nc(C2CSCCS2)no1. The Labute approximate surface area is 115 Å². The molecule has 1 aliphatic carbocycles. The van der Waals surface area contributed by atoms with E-state index in [4.69, 9.17) is 4.52 Å². The number of rotatable bonds is 2. The molecule has 1 N–H and O–H groups in total. The quantitative estimate of drug-likeness (QED) is 0.902. The first-order valence-electron chi connectivity index (χ1n) is 6.55. The van der Waals surface area contributed by atoms with Crippen LogP contribution in [-0.4, -0.2) is 38.6 Å². The number of nitrogens with zero attached hydrogens (tertiary/aromatic N) is 2. The van der Waals surface area contributed by atoms with Gasteiger partial charge in [0.15, 0.2) is 5.82 Å². The Hall–Kier alpha value is -0.200. The summed E-state index contributed by atoms with van der Waals surface area (Å²) in [6.45, 7) is 0. The summed E-state index contributed by atoms with van der Waals surface area (Å²) in [6, 6.07) is 0. The Kier molecular flexibility index (Phi) is 4.16. The predicted molar refractivity (Wildman–Crippen MR) is 74.0 cm³/mol. The third-order valence-corrected chi connectivity index (χ3v) is 6.36. The van der Waals surface area contributed by atoms with Crippen LogP contribution in [0.25, 0.3) is 0 Å². The molecular formula is C12H18N2O2S2. The lowest BCUT2D eigenvalue weighted by atomic mass is 9.86. The average molecular weight is 286 g/mol. The van der Waals surface area contributed by atoms with Crippen LogP contribution in [0.15, 0.2) is 4.52 Å². The Balaban J connectivity index is 1.71. The number of aliphatic hydroxyl groups excluding tert-OH is 1. The van der Waals surface area contributed by atoms with Gasteiger partial charge >= 0.3 is 0 Å². The van der Waals surface area contributed by atoms with Crippen molar-refractivity contribution >= 4 is 23.5 Å². The molecule has 2 aliphatic rings. The van der Waals surface area contributed by atoms with Gasteiger partial charge in [0.05, 0.1) is 17.3 Å². The molecule has 2 fully saturated rings. The lowest BCUT2D eigenvalue weighted by molar-refractivity contribution is 0.0908. The Bertz CT molecular complexity index is 393.